The van der Waals surface area contributed by atoms with E-state index in [1.54, 1.807) is 44.6 Å². The zero-order valence-corrected chi connectivity index (χ0v) is 17.3. The molecule has 2 aromatic carbocycles. The number of nitrogens with one attached hydrogen (secondary N) is 1. The molecule has 1 N–H and O–H groups in total. The topological polar surface area (TPSA) is 72.3 Å². The summed E-state index contributed by atoms with van der Waals surface area (Å²) in [6.45, 7) is 3.62. The fourth-order valence-electron chi connectivity index (χ4n) is 3.40. The van der Waals surface area contributed by atoms with Crippen molar-refractivity contribution in [2.45, 2.75) is 26.3 Å². The van der Waals surface area contributed by atoms with E-state index in [-0.39, 0.29) is 17.3 Å². The lowest BCUT2D eigenvalue weighted by Gasteiger charge is -2.20. The summed E-state index contributed by atoms with van der Waals surface area (Å²) in [5, 5.41) is 12.5. The Kier molecular flexibility index (Phi) is 6.44. The zero-order valence-electron chi connectivity index (χ0n) is 17.3. The minimum absolute atomic E-state index is 0.101. The number of ether oxygens (including phenoxy) is 3. The fourth-order valence-corrected chi connectivity index (χ4v) is 3.40. The number of fused-ring (bicyclic) bond motifs is 1. The summed E-state index contributed by atoms with van der Waals surface area (Å²) in [5.41, 5.74) is 1.68. The van der Waals surface area contributed by atoms with Gasteiger partial charge in [0.1, 0.15) is 23.8 Å². The molecule has 0 spiro atoms. The molecular formula is C23H27NO5. The van der Waals surface area contributed by atoms with Crippen LogP contribution in [-0.4, -0.2) is 33.6 Å². The van der Waals surface area contributed by atoms with Crippen LogP contribution in [0.15, 0.2) is 36.1 Å². The third-order valence-electron chi connectivity index (χ3n) is 5.06. The van der Waals surface area contributed by atoms with E-state index in [1.165, 1.54) is 11.0 Å². The number of hydrogen-bond donors (Lipinski definition) is 1. The Morgan fingerprint density at radius 1 is 1.17 bits per heavy atom. The first kappa shape index (κ1) is 20.7. The number of hydrogen-bond acceptors (Lipinski definition) is 5. The lowest BCUT2D eigenvalue weighted by molar-refractivity contribution is -0.894. The molecule has 6 nitrogen and oxygen atoms in total. The van der Waals surface area contributed by atoms with Crippen molar-refractivity contribution in [3.05, 3.63) is 52.8 Å². The number of unbranched alkanes of at least 4 members (excludes halogenated alkanes) is 1. The van der Waals surface area contributed by atoms with Gasteiger partial charge < -0.3 is 24.2 Å². The minimum Gasteiger partial charge on any atom is -0.872 e. The van der Waals surface area contributed by atoms with E-state index >= 15 is 0 Å². The highest BCUT2D eigenvalue weighted by Gasteiger charge is 2.31. The van der Waals surface area contributed by atoms with Gasteiger partial charge in [-0.25, -0.2) is 0 Å². The van der Waals surface area contributed by atoms with Gasteiger partial charge in [-0.1, -0.05) is 25.2 Å². The van der Waals surface area contributed by atoms with E-state index in [4.69, 9.17) is 14.2 Å². The molecule has 0 bridgehead atoms. The molecule has 0 radical (unpaired) electrons. The van der Waals surface area contributed by atoms with Gasteiger partial charge in [-0.3, -0.25) is 4.79 Å². The van der Waals surface area contributed by atoms with Gasteiger partial charge in [0.2, 0.25) is 5.78 Å². The van der Waals surface area contributed by atoms with E-state index in [0.717, 1.165) is 19.4 Å². The Bertz CT molecular complexity index is 935. The summed E-state index contributed by atoms with van der Waals surface area (Å²) >= 11 is 0. The minimum atomic E-state index is -0.231. The maximum atomic E-state index is 12.9. The van der Waals surface area contributed by atoms with Gasteiger partial charge in [-0.15, -0.1) is 0 Å². The molecule has 6 heteroatoms. The predicted molar refractivity (Wildman–Crippen MR) is 109 cm³/mol. The van der Waals surface area contributed by atoms with Gasteiger partial charge in [0.15, 0.2) is 5.76 Å². The molecule has 0 aromatic heterocycles. The van der Waals surface area contributed by atoms with Gasteiger partial charge >= 0.3 is 0 Å². The number of Topliss-reactive ketones (excluding diaryl/α,β-unsaturated/α-hetero) is 1. The van der Waals surface area contributed by atoms with Crippen molar-refractivity contribution in [1.29, 1.82) is 0 Å². The normalized spacial score (nSPS) is 15.2. The molecule has 0 amide bonds. The standard InChI is InChI=1S/C23H27NO5/c1-5-6-11-24(2)14-18-19(25)10-9-17-22(26)21(29-23(17)18)12-15-7-8-16(27-3)13-20(15)28-4/h7-10,12-13,25H,5-6,11,14H2,1-4H3/b21-12-. The Labute approximate surface area is 171 Å². The smallest absolute Gasteiger partial charge is 0.231 e. The van der Waals surface area contributed by atoms with Crippen LogP contribution in [0.4, 0.5) is 0 Å². The number of rotatable bonds is 8. The van der Waals surface area contributed by atoms with E-state index in [1.807, 2.05) is 7.05 Å². The molecular weight excluding hydrogens is 370 g/mol. The number of ketones is 1. The summed E-state index contributed by atoms with van der Waals surface area (Å²) in [6, 6.07) is 8.34. The SMILES string of the molecule is CCCC[NH+](C)Cc1c([O-])ccc2c1O/C(=C\c1ccc(OC)cc1OC)C2=O. The van der Waals surface area contributed by atoms with Crippen LogP contribution in [-0.2, 0) is 6.54 Å². The monoisotopic (exact) mass is 397 g/mol. The van der Waals surface area contributed by atoms with Crippen LogP contribution in [0.1, 0.15) is 41.3 Å². The zero-order chi connectivity index (χ0) is 21.0. The quantitative estimate of drug-likeness (QED) is 0.692. The number of allylic oxidation sites excluding steroid dienone is 1. The molecule has 154 valence electrons. The molecule has 0 saturated carbocycles. The highest BCUT2D eigenvalue weighted by Crippen LogP contribution is 2.39. The maximum absolute atomic E-state index is 12.9. The number of benzene rings is 2. The first-order valence-electron chi connectivity index (χ1n) is 9.79. The van der Waals surface area contributed by atoms with Crippen molar-refractivity contribution < 1.29 is 29.0 Å². The molecule has 1 heterocycles. The molecule has 0 fully saturated rings. The van der Waals surface area contributed by atoms with Gasteiger partial charge in [0.05, 0.1) is 33.4 Å². The average molecular weight is 397 g/mol. The van der Waals surface area contributed by atoms with Gasteiger partial charge in [0, 0.05) is 17.2 Å². The number of carbonyl (C=O) groups is 1. The van der Waals surface area contributed by atoms with Crippen molar-refractivity contribution in [3.63, 3.8) is 0 Å². The molecule has 3 rings (SSSR count). The molecule has 0 saturated heterocycles. The second-order valence-electron chi connectivity index (χ2n) is 7.20. The van der Waals surface area contributed by atoms with Gasteiger partial charge in [-0.2, -0.15) is 0 Å². The van der Waals surface area contributed by atoms with E-state index < -0.39 is 0 Å². The largest absolute Gasteiger partial charge is 0.872 e. The van der Waals surface area contributed by atoms with Crippen molar-refractivity contribution in [3.8, 4) is 23.0 Å². The van der Waals surface area contributed by atoms with Crippen LogP contribution in [0.2, 0.25) is 0 Å². The lowest BCUT2D eigenvalue weighted by atomic mass is 10.0. The summed E-state index contributed by atoms with van der Waals surface area (Å²) in [7, 11) is 5.18. The Morgan fingerprint density at radius 2 is 1.97 bits per heavy atom. The summed E-state index contributed by atoms with van der Waals surface area (Å²) in [5.74, 6) is 1.46. The molecule has 0 aliphatic carbocycles. The van der Waals surface area contributed by atoms with Crippen LogP contribution in [0.3, 0.4) is 0 Å². The lowest BCUT2D eigenvalue weighted by Crippen LogP contribution is -3.07. The highest BCUT2D eigenvalue weighted by atomic mass is 16.5. The van der Waals surface area contributed by atoms with Crippen LogP contribution in [0.5, 0.6) is 23.0 Å². The Hall–Kier alpha value is -2.99. The van der Waals surface area contributed by atoms with E-state index in [2.05, 4.69) is 6.92 Å². The highest BCUT2D eigenvalue weighted by molar-refractivity contribution is 6.15. The Morgan fingerprint density at radius 3 is 2.66 bits per heavy atom. The molecule has 1 aliphatic heterocycles. The molecule has 1 aliphatic rings. The molecule has 1 unspecified atom stereocenters. The van der Waals surface area contributed by atoms with E-state index in [0.29, 0.717) is 40.5 Å². The second-order valence-corrected chi connectivity index (χ2v) is 7.20. The van der Waals surface area contributed by atoms with Gasteiger partial charge in [-0.05, 0) is 30.7 Å². The summed E-state index contributed by atoms with van der Waals surface area (Å²) < 4.78 is 16.5. The van der Waals surface area contributed by atoms with Gasteiger partial charge in [0.25, 0.3) is 0 Å². The second kappa shape index (κ2) is 9.01. The van der Waals surface area contributed by atoms with Crippen LogP contribution >= 0.6 is 0 Å². The van der Waals surface area contributed by atoms with Crippen LogP contribution in [0, 0.1) is 0 Å². The first-order chi connectivity index (χ1) is 14.0. The summed E-state index contributed by atoms with van der Waals surface area (Å²) in [6.07, 6.45) is 3.82. The molecule has 2 aromatic rings. The fraction of sp³-hybridized carbons (Fsp3) is 0.348. The predicted octanol–water partition coefficient (Wildman–Crippen LogP) is 2.21. The number of methoxy groups -OCH3 is 2. The number of quaternary nitrogens is 1. The van der Waals surface area contributed by atoms with E-state index in [9.17, 15) is 9.90 Å². The average Bonchev–Trinajstić information content (AvgIpc) is 3.04. The Balaban J connectivity index is 1.93. The number of carbonyl (C=O) groups excluding carboxylic acids is 1. The first-order valence-corrected chi connectivity index (χ1v) is 9.79. The maximum Gasteiger partial charge on any atom is 0.231 e. The van der Waals surface area contributed by atoms with Crippen molar-refractivity contribution in [2.75, 3.05) is 27.8 Å². The van der Waals surface area contributed by atoms with Crippen molar-refractivity contribution >= 4 is 11.9 Å². The van der Waals surface area contributed by atoms with Crippen LogP contribution < -0.4 is 24.2 Å². The van der Waals surface area contributed by atoms with Crippen LogP contribution in [0.25, 0.3) is 6.08 Å². The molecule has 1 atom stereocenters. The van der Waals surface area contributed by atoms with Crippen molar-refractivity contribution in [1.82, 2.24) is 0 Å². The third-order valence-corrected chi connectivity index (χ3v) is 5.06. The van der Waals surface area contributed by atoms with Crippen molar-refractivity contribution in [2.24, 2.45) is 0 Å². The molecule has 29 heavy (non-hydrogen) atoms. The summed E-state index contributed by atoms with van der Waals surface area (Å²) in [4.78, 5) is 14.1. The third kappa shape index (κ3) is 4.38.